The van der Waals surface area contributed by atoms with Crippen LogP contribution in [0.15, 0.2) is 53.1 Å². The van der Waals surface area contributed by atoms with Gasteiger partial charge in [-0.15, -0.1) is 0 Å². The third-order valence-electron chi connectivity index (χ3n) is 7.96. The Hall–Kier alpha value is -4.53. The number of anilines is 1. The fourth-order valence-corrected chi connectivity index (χ4v) is 5.61. The van der Waals surface area contributed by atoms with Crippen molar-refractivity contribution in [2.24, 2.45) is 0 Å². The van der Waals surface area contributed by atoms with Crippen LogP contribution in [0, 0.1) is 17.1 Å². The quantitative estimate of drug-likeness (QED) is 0.270. The minimum Gasteiger partial charge on any atom is -0.496 e. The molecule has 0 radical (unpaired) electrons. The molecule has 2 atom stereocenters. The van der Waals surface area contributed by atoms with E-state index >= 15 is 4.39 Å². The number of halogens is 2. The lowest BCUT2D eigenvalue weighted by Gasteiger charge is -2.27. The Morgan fingerprint density at radius 2 is 1.98 bits per heavy atom. The van der Waals surface area contributed by atoms with Crippen molar-refractivity contribution in [2.45, 2.75) is 37.5 Å². The Morgan fingerprint density at radius 3 is 2.74 bits per heavy atom. The largest absolute Gasteiger partial charge is 0.496 e. The highest BCUT2D eigenvalue weighted by Crippen LogP contribution is 2.39. The number of pyridine rings is 1. The number of methoxy groups -OCH3 is 1. The van der Waals surface area contributed by atoms with E-state index in [0.717, 1.165) is 12.8 Å². The minimum atomic E-state index is -1.16. The van der Waals surface area contributed by atoms with Crippen molar-refractivity contribution < 1.29 is 27.5 Å². The predicted octanol–water partition coefficient (Wildman–Crippen LogP) is 5.20. The van der Waals surface area contributed by atoms with Crippen LogP contribution in [-0.2, 0) is 4.74 Å². The van der Waals surface area contributed by atoms with Gasteiger partial charge < -0.3 is 29.8 Å². The molecule has 2 aromatic carbocycles. The first-order valence-electron chi connectivity index (χ1n) is 14.3. The molecule has 2 fully saturated rings. The Balaban J connectivity index is 1.30. The van der Waals surface area contributed by atoms with E-state index in [-0.39, 0.29) is 23.8 Å². The number of nitrogens with zero attached hydrogens (tertiary/aromatic N) is 2. The number of ether oxygens (including phenoxy) is 2. The second kappa shape index (κ2) is 12.4. The van der Waals surface area contributed by atoms with E-state index in [0.29, 0.717) is 71.0 Å². The van der Waals surface area contributed by atoms with E-state index in [1.165, 1.54) is 13.2 Å². The van der Waals surface area contributed by atoms with E-state index in [4.69, 9.17) is 13.9 Å². The van der Waals surface area contributed by atoms with Gasteiger partial charge in [-0.3, -0.25) is 9.78 Å². The molecule has 11 heteroatoms. The number of rotatable bonds is 7. The van der Waals surface area contributed by atoms with Crippen molar-refractivity contribution in [1.82, 2.24) is 15.6 Å². The highest BCUT2D eigenvalue weighted by atomic mass is 19.1. The van der Waals surface area contributed by atoms with Crippen LogP contribution in [0.2, 0.25) is 0 Å². The van der Waals surface area contributed by atoms with Crippen molar-refractivity contribution >= 4 is 22.7 Å². The van der Waals surface area contributed by atoms with Gasteiger partial charge in [0, 0.05) is 49.2 Å². The van der Waals surface area contributed by atoms with Crippen LogP contribution in [0.4, 0.5) is 14.5 Å². The molecule has 2 aromatic heterocycles. The molecule has 3 N–H and O–H groups in total. The zero-order valence-electron chi connectivity index (χ0n) is 23.6. The molecule has 0 bridgehead atoms. The van der Waals surface area contributed by atoms with Crippen LogP contribution in [0.25, 0.3) is 33.6 Å². The molecule has 4 aromatic rings. The van der Waals surface area contributed by atoms with Gasteiger partial charge in [-0.2, -0.15) is 5.26 Å². The number of hydrogen-bond donors (Lipinski definition) is 3. The standard InChI is InChI=1S/C32H31F2N5O4/c1-41-28-14-18(32(40)39-26-5-8-36-17-25(26)34)2-3-23(28)29-15-27-31(43-29)22(4-9-37-27)19-12-20(16-35)30(24(33)13-19)38-21-6-10-42-11-7-21/h2-4,9,12-15,21,25-26,36,38H,5-8,10-11,17H2,1H3,(H,39,40)/t25-,26-/m0/s1. The summed E-state index contributed by atoms with van der Waals surface area (Å²) in [6.07, 6.45) is 2.41. The highest BCUT2D eigenvalue weighted by Gasteiger charge is 2.27. The lowest BCUT2D eigenvalue weighted by Crippen LogP contribution is -2.50. The van der Waals surface area contributed by atoms with Gasteiger partial charge in [0.1, 0.15) is 35.1 Å². The number of carbonyl (C=O) groups excluding carboxylic acids is 1. The molecule has 0 aliphatic carbocycles. The summed E-state index contributed by atoms with van der Waals surface area (Å²) in [5, 5.41) is 18.8. The summed E-state index contributed by atoms with van der Waals surface area (Å²) in [7, 11) is 1.49. The first kappa shape index (κ1) is 28.6. The molecule has 2 aliphatic heterocycles. The predicted molar refractivity (Wildman–Crippen MR) is 157 cm³/mol. The fraction of sp³-hybridized carbons (Fsp3) is 0.344. The summed E-state index contributed by atoms with van der Waals surface area (Å²) < 4.78 is 46.9. The summed E-state index contributed by atoms with van der Waals surface area (Å²) >= 11 is 0. The number of alkyl halides is 1. The van der Waals surface area contributed by atoms with Crippen LogP contribution in [0.3, 0.4) is 0 Å². The Kier molecular flexibility index (Phi) is 8.22. The Labute approximate surface area is 247 Å². The van der Waals surface area contributed by atoms with Crippen LogP contribution in [0.5, 0.6) is 5.75 Å². The third kappa shape index (κ3) is 5.89. The van der Waals surface area contributed by atoms with Crippen molar-refractivity contribution in [3.05, 3.63) is 65.6 Å². The van der Waals surface area contributed by atoms with Crippen molar-refractivity contribution in [3.63, 3.8) is 0 Å². The van der Waals surface area contributed by atoms with E-state index in [1.807, 2.05) is 0 Å². The highest BCUT2D eigenvalue weighted by molar-refractivity contribution is 5.97. The first-order chi connectivity index (χ1) is 20.9. The minimum absolute atomic E-state index is 0.0269. The molecule has 1 amide bonds. The summed E-state index contributed by atoms with van der Waals surface area (Å²) in [6, 6.07) is 13.0. The molecule has 2 saturated heterocycles. The van der Waals surface area contributed by atoms with E-state index in [2.05, 4.69) is 27.0 Å². The molecular weight excluding hydrogens is 556 g/mol. The van der Waals surface area contributed by atoms with Crippen molar-refractivity contribution in [2.75, 3.05) is 38.7 Å². The number of piperidine rings is 1. The van der Waals surface area contributed by atoms with Crippen LogP contribution < -0.4 is 20.7 Å². The van der Waals surface area contributed by atoms with E-state index < -0.39 is 23.9 Å². The van der Waals surface area contributed by atoms with Gasteiger partial charge in [-0.1, -0.05) is 0 Å². The molecule has 0 saturated carbocycles. The number of benzene rings is 2. The molecular formula is C32H31F2N5O4. The van der Waals surface area contributed by atoms with E-state index in [1.54, 1.807) is 42.6 Å². The lowest BCUT2D eigenvalue weighted by atomic mass is 10.0. The van der Waals surface area contributed by atoms with Crippen LogP contribution in [0.1, 0.15) is 35.2 Å². The molecule has 222 valence electrons. The third-order valence-corrected chi connectivity index (χ3v) is 7.96. The second-order valence-electron chi connectivity index (χ2n) is 10.7. The maximum absolute atomic E-state index is 15.4. The number of hydrogen-bond acceptors (Lipinski definition) is 8. The van der Waals surface area contributed by atoms with Crippen molar-refractivity contribution in [1.29, 1.82) is 5.26 Å². The number of furan rings is 1. The normalized spacial score (nSPS) is 19.1. The van der Waals surface area contributed by atoms with Gasteiger partial charge in [0.25, 0.3) is 5.91 Å². The summed E-state index contributed by atoms with van der Waals surface area (Å²) in [5.41, 5.74) is 3.26. The zero-order valence-corrected chi connectivity index (χ0v) is 23.6. The molecule has 2 aliphatic rings. The van der Waals surface area contributed by atoms with Gasteiger partial charge >= 0.3 is 0 Å². The molecule has 43 heavy (non-hydrogen) atoms. The molecule has 6 rings (SSSR count). The fourth-order valence-electron chi connectivity index (χ4n) is 5.61. The summed E-state index contributed by atoms with van der Waals surface area (Å²) in [5.74, 6) is -0.106. The average Bonchev–Trinajstić information content (AvgIpc) is 3.47. The number of nitriles is 1. The average molecular weight is 588 g/mol. The smallest absolute Gasteiger partial charge is 0.251 e. The topological polar surface area (TPSA) is 121 Å². The first-order valence-corrected chi connectivity index (χ1v) is 14.3. The van der Waals surface area contributed by atoms with Gasteiger partial charge in [-0.25, -0.2) is 8.78 Å². The second-order valence-corrected chi connectivity index (χ2v) is 10.7. The van der Waals surface area contributed by atoms with E-state index in [9.17, 15) is 14.4 Å². The van der Waals surface area contributed by atoms with Gasteiger partial charge in [0.2, 0.25) is 0 Å². The van der Waals surface area contributed by atoms with Gasteiger partial charge in [0.05, 0.1) is 30.0 Å². The Bertz CT molecular complexity index is 1700. The number of amides is 1. The summed E-state index contributed by atoms with van der Waals surface area (Å²) in [4.78, 5) is 17.3. The van der Waals surface area contributed by atoms with Gasteiger partial charge in [-0.05, 0) is 67.8 Å². The Morgan fingerprint density at radius 1 is 1.14 bits per heavy atom. The number of nitrogens with one attached hydrogen (secondary N) is 3. The maximum Gasteiger partial charge on any atom is 0.251 e. The number of aromatic nitrogens is 1. The number of carbonyl (C=O) groups is 1. The molecule has 4 heterocycles. The lowest BCUT2D eigenvalue weighted by molar-refractivity contribution is 0.0891. The molecule has 0 spiro atoms. The van der Waals surface area contributed by atoms with Crippen LogP contribution >= 0.6 is 0 Å². The van der Waals surface area contributed by atoms with Gasteiger partial charge in [0.15, 0.2) is 5.58 Å². The number of fused-ring (bicyclic) bond motifs is 1. The zero-order chi connectivity index (χ0) is 29.9. The van der Waals surface area contributed by atoms with Crippen molar-refractivity contribution in [3.8, 4) is 34.3 Å². The summed E-state index contributed by atoms with van der Waals surface area (Å²) in [6.45, 7) is 2.02. The van der Waals surface area contributed by atoms with Crippen LogP contribution in [-0.4, -0.2) is 62.6 Å². The SMILES string of the molecule is COc1cc(C(=O)N[C@H]2CCNC[C@@H]2F)ccc1-c1cc2nccc(-c3cc(F)c(NC4CCOCC4)c(C#N)c3)c2o1. The monoisotopic (exact) mass is 587 g/mol. The maximum atomic E-state index is 15.4. The molecule has 9 nitrogen and oxygen atoms in total. The molecule has 0 unspecified atom stereocenters.